The second-order valence-corrected chi connectivity index (χ2v) is 5.25. The molecule has 0 fully saturated rings. The number of rotatable bonds is 7. The van der Waals surface area contributed by atoms with E-state index in [9.17, 15) is 4.39 Å². The third-order valence-electron chi connectivity index (χ3n) is 3.09. The third-order valence-corrected chi connectivity index (χ3v) is 3.09. The Hall–Kier alpha value is -1.13. The van der Waals surface area contributed by atoms with E-state index in [1.165, 1.54) is 12.1 Å². The Morgan fingerprint density at radius 3 is 2.72 bits per heavy atom. The fourth-order valence-corrected chi connectivity index (χ4v) is 1.64. The van der Waals surface area contributed by atoms with Gasteiger partial charge in [0.25, 0.3) is 0 Å². The van der Waals surface area contributed by atoms with Crippen LogP contribution in [0.25, 0.3) is 0 Å². The standard InChI is InChI=1S/C14H23FN2O/c1-14(2,10-16)6-7-17-9-11-8-12(15)4-5-13(11)18-3/h4-5,8,17H,6-7,9-10,16H2,1-3H3. The summed E-state index contributed by atoms with van der Waals surface area (Å²) in [6.07, 6.45) is 0.987. The Balaban J connectivity index is 2.46. The molecule has 0 radical (unpaired) electrons. The van der Waals surface area contributed by atoms with Crippen LogP contribution in [0, 0.1) is 11.2 Å². The summed E-state index contributed by atoms with van der Waals surface area (Å²) in [5.74, 6) is 0.469. The molecule has 18 heavy (non-hydrogen) atoms. The van der Waals surface area contributed by atoms with Crippen LogP contribution in [0.15, 0.2) is 18.2 Å². The van der Waals surface area contributed by atoms with E-state index >= 15 is 0 Å². The van der Waals surface area contributed by atoms with Crippen LogP contribution in [0.2, 0.25) is 0 Å². The summed E-state index contributed by atoms with van der Waals surface area (Å²) in [5.41, 5.74) is 6.64. The summed E-state index contributed by atoms with van der Waals surface area (Å²) in [6, 6.07) is 4.55. The van der Waals surface area contributed by atoms with Gasteiger partial charge in [0.15, 0.2) is 0 Å². The zero-order chi connectivity index (χ0) is 13.6. The van der Waals surface area contributed by atoms with Crippen LogP contribution < -0.4 is 15.8 Å². The van der Waals surface area contributed by atoms with Crippen molar-refractivity contribution < 1.29 is 9.13 Å². The molecule has 0 atom stereocenters. The lowest BCUT2D eigenvalue weighted by atomic mass is 9.90. The summed E-state index contributed by atoms with van der Waals surface area (Å²) in [5, 5.41) is 3.29. The Morgan fingerprint density at radius 1 is 1.39 bits per heavy atom. The normalized spacial score (nSPS) is 11.6. The highest BCUT2D eigenvalue weighted by molar-refractivity contribution is 5.33. The number of hydrogen-bond acceptors (Lipinski definition) is 3. The van der Waals surface area contributed by atoms with Crippen molar-refractivity contribution in [1.82, 2.24) is 5.32 Å². The van der Waals surface area contributed by atoms with Crippen molar-refractivity contribution in [1.29, 1.82) is 0 Å². The molecule has 0 amide bonds. The van der Waals surface area contributed by atoms with E-state index in [0.29, 0.717) is 18.8 Å². The molecular weight excluding hydrogens is 231 g/mol. The third kappa shape index (κ3) is 4.63. The van der Waals surface area contributed by atoms with E-state index in [2.05, 4.69) is 19.2 Å². The van der Waals surface area contributed by atoms with Gasteiger partial charge in [0.2, 0.25) is 0 Å². The maximum absolute atomic E-state index is 13.1. The largest absolute Gasteiger partial charge is 0.496 e. The Kier molecular flexibility index (Phi) is 5.56. The Bertz CT molecular complexity index is 380. The van der Waals surface area contributed by atoms with Crippen molar-refractivity contribution in [2.45, 2.75) is 26.8 Å². The molecule has 1 aromatic carbocycles. The van der Waals surface area contributed by atoms with Gasteiger partial charge in [-0.3, -0.25) is 0 Å². The minimum atomic E-state index is -0.241. The zero-order valence-corrected chi connectivity index (χ0v) is 11.4. The molecule has 0 bridgehead atoms. The second-order valence-electron chi connectivity index (χ2n) is 5.25. The minimum absolute atomic E-state index is 0.138. The predicted octanol–water partition coefficient (Wildman–Crippen LogP) is 2.30. The molecule has 102 valence electrons. The van der Waals surface area contributed by atoms with Crippen LogP contribution in [-0.2, 0) is 6.54 Å². The van der Waals surface area contributed by atoms with E-state index in [-0.39, 0.29) is 11.2 Å². The first-order valence-corrected chi connectivity index (χ1v) is 6.22. The van der Waals surface area contributed by atoms with Crippen LogP contribution >= 0.6 is 0 Å². The fourth-order valence-electron chi connectivity index (χ4n) is 1.64. The van der Waals surface area contributed by atoms with E-state index in [1.54, 1.807) is 13.2 Å². The summed E-state index contributed by atoms with van der Waals surface area (Å²) >= 11 is 0. The topological polar surface area (TPSA) is 47.3 Å². The molecule has 0 saturated carbocycles. The van der Waals surface area contributed by atoms with Crippen LogP contribution in [0.5, 0.6) is 5.75 Å². The first-order chi connectivity index (χ1) is 8.48. The van der Waals surface area contributed by atoms with Crippen molar-refractivity contribution in [3.63, 3.8) is 0 Å². The molecular formula is C14H23FN2O. The van der Waals surface area contributed by atoms with E-state index in [1.807, 2.05) is 0 Å². The van der Waals surface area contributed by atoms with Crippen molar-refractivity contribution in [2.75, 3.05) is 20.2 Å². The first kappa shape index (κ1) is 14.9. The molecule has 0 aliphatic rings. The number of benzene rings is 1. The Labute approximate surface area is 109 Å². The van der Waals surface area contributed by atoms with Gasteiger partial charge < -0.3 is 15.8 Å². The van der Waals surface area contributed by atoms with Gasteiger partial charge in [0, 0.05) is 12.1 Å². The molecule has 1 aromatic rings. The van der Waals surface area contributed by atoms with Gasteiger partial charge >= 0.3 is 0 Å². The molecule has 1 rings (SSSR count). The van der Waals surface area contributed by atoms with Gasteiger partial charge in [-0.05, 0) is 43.1 Å². The number of hydrogen-bond donors (Lipinski definition) is 2. The van der Waals surface area contributed by atoms with Gasteiger partial charge in [-0.15, -0.1) is 0 Å². The van der Waals surface area contributed by atoms with Gasteiger partial charge in [-0.25, -0.2) is 4.39 Å². The number of nitrogens with one attached hydrogen (secondary N) is 1. The number of nitrogens with two attached hydrogens (primary N) is 1. The predicted molar refractivity (Wildman–Crippen MR) is 72.1 cm³/mol. The smallest absolute Gasteiger partial charge is 0.123 e. The molecule has 0 heterocycles. The highest BCUT2D eigenvalue weighted by Crippen LogP contribution is 2.20. The lowest BCUT2D eigenvalue weighted by Crippen LogP contribution is -2.28. The molecule has 4 heteroatoms. The maximum Gasteiger partial charge on any atom is 0.123 e. The monoisotopic (exact) mass is 254 g/mol. The van der Waals surface area contributed by atoms with Crippen LogP contribution in [0.1, 0.15) is 25.8 Å². The number of methoxy groups -OCH3 is 1. The van der Waals surface area contributed by atoms with Gasteiger partial charge in [0.1, 0.15) is 11.6 Å². The van der Waals surface area contributed by atoms with Crippen molar-refractivity contribution >= 4 is 0 Å². The fraction of sp³-hybridized carbons (Fsp3) is 0.571. The summed E-state index contributed by atoms with van der Waals surface area (Å²) in [6.45, 7) is 6.39. The second kappa shape index (κ2) is 6.71. The van der Waals surface area contributed by atoms with E-state index in [0.717, 1.165) is 18.5 Å². The average molecular weight is 254 g/mol. The van der Waals surface area contributed by atoms with E-state index in [4.69, 9.17) is 10.5 Å². The summed E-state index contributed by atoms with van der Waals surface area (Å²) < 4.78 is 18.3. The van der Waals surface area contributed by atoms with Gasteiger partial charge in [-0.1, -0.05) is 13.8 Å². The molecule has 0 aliphatic carbocycles. The molecule has 0 aliphatic heterocycles. The highest BCUT2D eigenvalue weighted by Gasteiger charge is 2.14. The summed E-state index contributed by atoms with van der Waals surface area (Å²) in [7, 11) is 1.59. The van der Waals surface area contributed by atoms with Crippen molar-refractivity contribution in [3.8, 4) is 5.75 Å². The van der Waals surface area contributed by atoms with Crippen LogP contribution in [0.4, 0.5) is 4.39 Å². The quantitative estimate of drug-likeness (QED) is 0.734. The molecule has 3 N–H and O–H groups in total. The summed E-state index contributed by atoms with van der Waals surface area (Å²) in [4.78, 5) is 0. The van der Waals surface area contributed by atoms with Crippen LogP contribution in [-0.4, -0.2) is 20.2 Å². The van der Waals surface area contributed by atoms with Gasteiger partial charge in [0.05, 0.1) is 7.11 Å². The molecule has 0 spiro atoms. The molecule has 0 aromatic heterocycles. The molecule has 0 unspecified atom stereocenters. The zero-order valence-electron chi connectivity index (χ0n) is 11.4. The number of ether oxygens (including phenoxy) is 1. The van der Waals surface area contributed by atoms with Gasteiger partial charge in [-0.2, -0.15) is 0 Å². The first-order valence-electron chi connectivity index (χ1n) is 6.22. The SMILES string of the molecule is COc1ccc(F)cc1CNCCC(C)(C)CN. The van der Waals surface area contributed by atoms with Crippen molar-refractivity contribution in [3.05, 3.63) is 29.6 Å². The number of halogens is 1. The maximum atomic E-state index is 13.1. The van der Waals surface area contributed by atoms with Crippen molar-refractivity contribution in [2.24, 2.45) is 11.1 Å². The van der Waals surface area contributed by atoms with E-state index < -0.39 is 0 Å². The lowest BCUT2D eigenvalue weighted by molar-refractivity contribution is 0.338. The molecule has 3 nitrogen and oxygen atoms in total. The lowest BCUT2D eigenvalue weighted by Gasteiger charge is -2.22. The highest BCUT2D eigenvalue weighted by atomic mass is 19.1. The minimum Gasteiger partial charge on any atom is -0.496 e. The Morgan fingerprint density at radius 2 is 2.11 bits per heavy atom. The average Bonchev–Trinajstić information content (AvgIpc) is 2.35. The van der Waals surface area contributed by atoms with Crippen LogP contribution in [0.3, 0.4) is 0 Å². The molecule has 0 saturated heterocycles.